The number of aromatic nitrogens is 4. The molecule has 1 saturated heterocycles. The van der Waals surface area contributed by atoms with Gasteiger partial charge in [0, 0.05) is 24.5 Å². The van der Waals surface area contributed by atoms with Gasteiger partial charge in [-0.05, 0) is 16.7 Å². The van der Waals surface area contributed by atoms with Crippen molar-refractivity contribution in [2.75, 3.05) is 32.8 Å². The fraction of sp³-hybridized carbons (Fsp3) is 0.500. The van der Waals surface area contributed by atoms with Crippen molar-refractivity contribution in [2.24, 2.45) is 0 Å². The number of hydrogen-bond donors (Lipinski definition) is 2. The molecule has 112 valence electrons. The summed E-state index contributed by atoms with van der Waals surface area (Å²) in [6.45, 7) is 3.68. The first-order chi connectivity index (χ1) is 10.3. The Morgan fingerprint density at radius 2 is 2.38 bits per heavy atom. The van der Waals surface area contributed by atoms with E-state index >= 15 is 0 Å². The van der Waals surface area contributed by atoms with Crippen molar-refractivity contribution in [3.8, 4) is 0 Å². The standard InChI is InChI=1S/C12H16N6O2S/c19-12(11-14-16-17-15-11)13-8-9(10-2-1-7-21-10)18-3-5-20-6-4-18/h1-2,7,9H,3-6,8H2,(H,13,19)(H,14,15,16,17). The predicted molar refractivity (Wildman–Crippen MR) is 76.0 cm³/mol. The van der Waals surface area contributed by atoms with Crippen molar-refractivity contribution < 1.29 is 9.53 Å². The van der Waals surface area contributed by atoms with Gasteiger partial charge in [-0.1, -0.05) is 6.07 Å². The van der Waals surface area contributed by atoms with Crippen LogP contribution < -0.4 is 5.32 Å². The summed E-state index contributed by atoms with van der Waals surface area (Å²) >= 11 is 1.69. The third-order valence-electron chi connectivity index (χ3n) is 3.36. The Labute approximate surface area is 125 Å². The Hall–Kier alpha value is -1.84. The first kappa shape index (κ1) is 14.1. The number of H-pyrrole nitrogens is 1. The van der Waals surface area contributed by atoms with Crippen LogP contribution in [0.4, 0.5) is 0 Å². The molecule has 1 atom stereocenters. The van der Waals surface area contributed by atoms with Crippen LogP contribution >= 0.6 is 11.3 Å². The van der Waals surface area contributed by atoms with E-state index in [0.29, 0.717) is 6.54 Å². The van der Waals surface area contributed by atoms with Crippen molar-refractivity contribution in [3.05, 3.63) is 28.2 Å². The highest BCUT2D eigenvalue weighted by Crippen LogP contribution is 2.25. The van der Waals surface area contributed by atoms with Crippen LogP contribution in [0.15, 0.2) is 17.5 Å². The largest absolute Gasteiger partial charge is 0.379 e. The van der Waals surface area contributed by atoms with Gasteiger partial charge in [-0.3, -0.25) is 9.69 Å². The monoisotopic (exact) mass is 308 g/mol. The number of carbonyl (C=O) groups is 1. The molecule has 3 rings (SSSR count). The second-order valence-corrected chi connectivity index (χ2v) is 5.60. The molecule has 0 spiro atoms. The van der Waals surface area contributed by atoms with Crippen molar-refractivity contribution >= 4 is 17.2 Å². The summed E-state index contributed by atoms with van der Waals surface area (Å²) < 4.78 is 5.39. The maximum atomic E-state index is 11.9. The summed E-state index contributed by atoms with van der Waals surface area (Å²) in [5.74, 6) is -0.263. The zero-order valence-electron chi connectivity index (χ0n) is 11.4. The average Bonchev–Trinajstić information content (AvgIpc) is 3.22. The molecule has 1 aliphatic rings. The summed E-state index contributed by atoms with van der Waals surface area (Å²) in [6.07, 6.45) is 0. The summed E-state index contributed by atoms with van der Waals surface area (Å²) in [5.41, 5.74) is 0. The number of tetrazole rings is 1. The lowest BCUT2D eigenvalue weighted by Gasteiger charge is -2.34. The second kappa shape index (κ2) is 6.74. The maximum Gasteiger partial charge on any atom is 0.292 e. The van der Waals surface area contributed by atoms with Crippen molar-refractivity contribution in [1.82, 2.24) is 30.8 Å². The molecule has 3 heterocycles. The Balaban J connectivity index is 1.66. The minimum Gasteiger partial charge on any atom is -0.379 e. The SMILES string of the molecule is O=C(NCC(c1cccs1)N1CCOCC1)c1nn[nH]n1. The smallest absolute Gasteiger partial charge is 0.292 e. The topological polar surface area (TPSA) is 96.0 Å². The molecule has 1 aliphatic heterocycles. The molecular formula is C12H16N6O2S. The molecule has 8 nitrogen and oxygen atoms in total. The highest BCUT2D eigenvalue weighted by atomic mass is 32.1. The second-order valence-electron chi connectivity index (χ2n) is 4.62. The maximum absolute atomic E-state index is 11.9. The highest BCUT2D eigenvalue weighted by molar-refractivity contribution is 7.10. The van der Waals surface area contributed by atoms with E-state index in [1.54, 1.807) is 11.3 Å². The molecular weight excluding hydrogens is 292 g/mol. The first-order valence-corrected chi connectivity index (χ1v) is 7.59. The van der Waals surface area contributed by atoms with Crippen LogP contribution in [-0.4, -0.2) is 64.3 Å². The van der Waals surface area contributed by atoms with E-state index in [1.807, 2.05) is 11.4 Å². The fourth-order valence-electron chi connectivity index (χ4n) is 2.31. The number of nitrogens with zero attached hydrogens (tertiary/aromatic N) is 4. The third-order valence-corrected chi connectivity index (χ3v) is 4.34. The molecule has 2 aromatic heterocycles. The molecule has 0 aliphatic carbocycles. The van der Waals surface area contributed by atoms with Crippen molar-refractivity contribution in [1.29, 1.82) is 0 Å². The number of hydrogen-bond acceptors (Lipinski definition) is 7. The Kier molecular flexibility index (Phi) is 4.53. The molecule has 2 aromatic rings. The molecule has 1 fully saturated rings. The van der Waals surface area contributed by atoms with Gasteiger partial charge in [-0.2, -0.15) is 5.21 Å². The summed E-state index contributed by atoms with van der Waals surface area (Å²) in [7, 11) is 0. The van der Waals surface area contributed by atoms with Gasteiger partial charge < -0.3 is 10.1 Å². The number of morpholine rings is 1. The van der Waals surface area contributed by atoms with Gasteiger partial charge in [0.05, 0.1) is 19.3 Å². The van der Waals surface area contributed by atoms with E-state index in [2.05, 4.69) is 36.9 Å². The van der Waals surface area contributed by atoms with Gasteiger partial charge in [0.25, 0.3) is 11.7 Å². The van der Waals surface area contributed by atoms with Crippen LogP contribution in [0.1, 0.15) is 21.5 Å². The van der Waals surface area contributed by atoms with E-state index in [1.165, 1.54) is 4.88 Å². The van der Waals surface area contributed by atoms with Gasteiger partial charge in [0.15, 0.2) is 0 Å². The summed E-state index contributed by atoms with van der Waals surface area (Å²) in [5, 5.41) is 17.9. The Morgan fingerprint density at radius 1 is 1.52 bits per heavy atom. The summed E-state index contributed by atoms with van der Waals surface area (Å²) in [4.78, 5) is 15.5. The number of ether oxygens (including phenoxy) is 1. The van der Waals surface area contributed by atoms with Gasteiger partial charge in [-0.25, -0.2) is 0 Å². The number of aromatic amines is 1. The van der Waals surface area contributed by atoms with Gasteiger partial charge >= 0.3 is 0 Å². The van der Waals surface area contributed by atoms with Crippen LogP contribution in [-0.2, 0) is 4.74 Å². The van der Waals surface area contributed by atoms with E-state index < -0.39 is 0 Å². The lowest BCUT2D eigenvalue weighted by Crippen LogP contribution is -2.43. The van der Waals surface area contributed by atoms with Gasteiger partial charge in [-0.15, -0.1) is 21.5 Å². The van der Waals surface area contributed by atoms with Crippen LogP contribution in [0.2, 0.25) is 0 Å². The summed E-state index contributed by atoms with van der Waals surface area (Å²) in [6, 6.07) is 4.25. The van der Waals surface area contributed by atoms with Crippen molar-refractivity contribution in [2.45, 2.75) is 6.04 Å². The van der Waals surface area contributed by atoms with Crippen LogP contribution in [0.5, 0.6) is 0 Å². The fourth-order valence-corrected chi connectivity index (χ4v) is 3.17. The Bertz CT molecular complexity index is 552. The molecule has 21 heavy (non-hydrogen) atoms. The molecule has 1 amide bonds. The minimum absolute atomic E-state index is 0.0573. The van der Waals surface area contributed by atoms with E-state index in [0.717, 1.165) is 26.3 Å². The number of nitrogens with one attached hydrogen (secondary N) is 2. The minimum atomic E-state index is -0.321. The quantitative estimate of drug-likeness (QED) is 0.811. The molecule has 1 unspecified atom stereocenters. The molecule has 0 bridgehead atoms. The number of amides is 1. The van der Waals surface area contributed by atoms with Crippen LogP contribution in [0.3, 0.4) is 0 Å². The average molecular weight is 308 g/mol. The molecule has 0 saturated carbocycles. The zero-order valence-corrected chi connectivity index (χ0v) is 12.2. The van der Waals surface area contributed by atoms with E-state index in [9.17, 15) is 4.79 Å². The molecule has 9 heteroatoms. The first-order valence-electron chi connectivity index (χ1n) is 6.71. The molecule has 0 aromatic carbocycles. The van der Waals surface area contributed by atoms with Crippen LogP contribution in [0, 0.1) is 0 Å². The number of thiophene rings is 1. The number of rotatable bonds is 5. The normalized spacial score (nSPS) is 17.5. The van der Waals surface area contributed by atoms with E-state index in [4.69, 9.17) is 4.74 Å². The lowest BCUT2D eigenvalue weighted by molar-refractivity contribution is 0.0169. The third kappa shape index (κ3) is 3.43. The Morgan fingerprint density at radius 3 is 3.05 bits per heavy atom. The van der Waals surface area contributed by atoms with Crippen LogP contribution in [0.25, 0.3) is 0 Å². The highest BCUT2D eigenvalue weighted by Gasteiger charge is 2.24. The van der Waals surface area contributed by atoms with Gasteiger partial charge in [0.1, 0.15) is 0 Å². The zero-order chi connectivity index (χ0) is 14.5. The predicted octanol–water partition coefficient (Wildman–Crippen LogP) is 0.0645. The van der Waals surface area contributed by atoms with Gasteiger partial charge in [0.2, 0.25) is 0 Å². The molecule has 0 radical (unpaired) electrons. The van der Waals surface area contributed by atoms with E-state index in [-0.39, 0.29) is 17.8 Å². The van der Waals surface area contributed by atoms with Crippen molar-refractivity contribution in [3.63, 3.8) is 0 Å². The molecule has 2 N–H and O–H groups in total. The number of carbonyl (C=O) groups excluding carboxylic acids is 1. The lowest BCUT2D eigenvalue weighted by atomic mass is 10.2.